The molecular formula is C34H41N3O4. The fourth-order valence-electron chi connectivity index (χ4n) is 5.39. The van der Waals surface area contributed by atoms with E-state index < -0.39 is 29.7 Å². The molecule has 0 aliphatic carbocycles. The summed E-state index contributed by atoms with van der Waals surface area (Å²) in [7, 11) is 0. The molecule has 0 saturated carbocycles. The van der Waals surface area contributed by atoms with Crippen molar-refractivity contribution in [3.8, 4) is 0 Å². The van der Waals surface area contributed by atoms with Crippen molar-refractivity contribution in [1.82, 2.24) is 15.5 Å². The molecule has 0 unspecified atom stereocenters. The minimum atomic E-state index is -0.984. The van der Waals surface area contributed by atoms with Crippen LogP contribution in [0.15, 0.2) is 78.9 Å². The molecule has 4 rings (SSSR count). The second kappa shape index (κ2) is 13.0. The van der Waals surface area contributed by atoms with E-state index in [1.807, 2.05) is 86.6 Å². The number of carbonyl (C=O) groups excluding carboxylic acids is 3. The largest absolute Gasteiger partial charge is 0.444 e. The summed E-state index contributed by atoms with van der Waals surface area (Å²) in [6, 6.07) is 23.9. The summed E-state index contributed by atoms with van der Waals surface area (Å²) in [6.07, 6.45) is 0.585. The second-order valence-corrected chi connectivity index (χ2v) is 11.8. The minimum absolute atomic E-state index is 0.191. The van der Waals surface area contributed by atoms with Crippen LogP contribution in [0.2, 0.25) is 0 Å². The predicted octanol–water partition coefficient (Wildman–Crippen LogP) is 5.64. The van der Waals surface area contributed by atoms with Crippen LogP contribution in [-0.4, -0.2) is 47.0 Å². The van der Waals surface area contributed by atoms with E-state index >= 15 is 0 Å². The van der Waals surface area contributed by atoms with Crippen LogP contribution >= 0.6 is 0 Å². The molecule has 1 heterocycles. The van der Waals surface area contributed by atoms with Crippen molar-refractivity contribution < 1.29 is 19.1 Å². The third kappa shape index (κ3) is 7.75. The number of alkyl carbamates (subject to hydrolysis) is 1. The summed E-state index contributed by atoms with van der Waals surface area (Å²) in [5.41, 5.74) is 4.29. The second-order valence-electron chi connectivity index (χ2n) is 11.8. The SMILES string of the molecule is Cc1ccc(C)c(CNC(=O)[C@@H]2CCCN2C(=O)[C@H](NC(=O)OC(C)(C)C)C(c2ccccc2)c2ccccc2)c1. The molecular weight excluding hydrogens is 514 g/mol. The van der Waals surface area contributed by atoms with Crippen molar-refractivity contribution in [3.63, 3.8) is 0 Å². The molecule has 2 N–H and O–H groups in total. The first-order valence-corrected chi connectivity index (χ1v) is 14.3. The van der Waals surface area contributed by atoms with E-state index in [2.05, 4.69) is 16.7 Å². The van der Waals surface area contributed by atoms with Gasteiger partial charge in [-0.3, -0.25) is 9.59 Å². The number of rotatable bonds is 8. The van der Waals surface area contributed by atoms with Gasteiger partial charge in [-0.25, -0.2) is 4.79 Å². The van der Waals surface area contributed by atoms with Crippen LogP contribution in [0.4, 0.5) is 4.79 Å². The summed E-state index contributed by atoms with van der Waals surface area (Å²) in [5.74, 6) is -0.988. The van der Waals surface area contributed by atoms with E-state index in [-0.39, 0.29) is 11.8 Å². The Labute approximate surface area is 243 Å². The number of nitrogens with zero attached hydrogens (tertiary/aromatic N) is 1. The molecule has 1 fully saturated rings. The van der Waals surface area contributed by atoms with Gasteiger partial charge in [0.25, 0.3) is 0 Å². The first-order chi connectivity index (χ1) is 19.5. The quantitative estimate of drug-likeness (QED) is 0.377. The first kappa shape index (κ1) is 29.8. The lowest BCUT2D eigenvalue weighted by Crippen LogP contribution is -2.56. The van der Waals surface area contributed by atoms with E-state index in [1.54, 1.807) is 25.7 Å². The minimum Gasteiger partial charge on any atom is -0.444 e. The molecule has 3 aromatic carbocycles. The molecule has 41 heavy (non-hydrogen) atoms. The number of hydrogen-bond acceptors (Lipinski definition) is 4. The number of amides is 3. The standard InChI is InChI=1S/C34H41N3O4/c1-23-18-19-24(2)27(21-23)22-35-31(38)28-17-12-20-37(28)32(39)30(36-33(40)41-34(3,4)5)29(25-13-8-6-9-14-25)26-15-10-7-11-16-26/h6-11,13-16,18-19,21,28-30H,12,17,20,22H2,1-5H3,(H,35,38)(H,36,40)/t28-,30+/m0/s1. The molecule has 1 aliphatic rings. The van der Waals surface area contributed by atoms with Crippen molar-refractivity contribution in [2.45, 2.75) is 77.6 Å². The number of hydrogen-bond donors (Lipinski definition) is 2. The predicted molar refractivity (Wildman–Crippen MR) is 160 cm³/mol. The summed E-state index contributed by atoms with van der Waals surface area (Å²) in [4.78, 5) is 42.6. The molecule has 0 aromatic heterocycles. The Morgan fingerprint density at radius 1 is 0.927 bits per heavy atom. The van der Waals surface area contributed by atoms with Crippen LogP contribution in [0.3, 0.4) is 0 Å². The van der Waals surface area contributed by atoms with Gasteiger partial charge in [0, 0.05) is 19.0 Å². The Hall–Kier alpha value is -4.13. The summed E-state index contributed by atoms with van der Waals surface area (Å²) >= 11 is 0. The average molecular weight is 556 g/mol. The first-order valence-electron chi connectivity index (χ1n) is 14.3. The Kier molecular flexibility index (Phi) is 9.48. The maximum Gasteiger partial charge on any atom is 0.408 e. The molecule has 7 heteroatoms. The lowest BCUT2D eigenvalue weighted by Gasteiger charge is -2.34. The van der Waals surface area contributed by atoms with Crippen molar-refractivity contribution in [2.75, 3.05) is 6.54 Å². The van der Waals surface area contributed by atoms with E-state index in [4.69, 9.17) is 4.74 Å². The van der Waals surface area contributed by atoms with Gasteiger partial charge in [0.05, 0.1) is 0 Å². The van der Waals surface area contributed by atoms with E-state index in [0.29, 0.717) is 25.9 Å². The number of nitrogens with one attached hydrogen (secondary N) is 2. The summed E-state index contributed by atoms with van der Waals surface area (Å²) < 4.78 is 5.59. The zero-order valence-electron chi connectivity index (χ0n) is 24.6. The highest BCUT2D eigenvalue weighted by atomic mass is 16.6. The van der Waals surface area contributed by atoms with Crippen molar-refractivity contribution in [3.05, 3.63) is 107 Å². The number of aryl methyl sites for hydroxylation is 2. The van der Waals surface area contributed by atoms with Crippen LogP contribution < -0.4 is 10.6 Å². The highest BCUT2D eigenvalue weighted by Gasteiger charge is 2.42. The van der Waals surface area contributed by atoms with Gasteiger partial charge in [0.1, 0.15) is 17.7 Å². The lowest BCUT2D eigenvalue weighted by atomic mass is 9.84. The zero-order valence-corrected chi connectivity index (χ0v) is 24.6. The third-order valence-electron chi connectivity index (χ3n) is 7.39. The maximum atomic E-state index is 14.4. The fourth-order valence-corrected chi connectivity index (χ4v) is 5.39. The van der Waals surface area contributed by atoms with E-state index in [0.717, 1.165) is 27.8 Å². The Bertz CT molecular complexity index is 1310. The molecule has 0 radical (unpaired) electrons. The normalized spacial score (nSPS) is 15.9. The van der Waals surface area contributed by atoms with Gasteiger partial charge < -0.3 is 20.3 Å². The lowest BCUT2D eigenvalue weighted by molar-refractivity contribution is -0.140. The number of likely N-dealkylation sites (tertiary alicyclic amines) is 1. The van der Waals surface area contributed by atoms with Gasteiger partial charge in [-0.1, -0.05) is 84.4 Å². The molecule has 2 atom stereocenters. The maximum absolute atomic E-state index is 14.4. The Balaban J connectivity index is 1.64. The van der Waals surface area contributed by atoms with Gasteiger partial charge in [0.15, 0.2) is 0 Å². The van der Waals surface area contributed by atoms with Crippen LogP contribution in [-0.2, 0) is 20.9 Å². The van der Waals surface area contributed by atoms with Gasteiger partial charge >= 0.3 is 6.09 Å². The fraction of sp³-hybridized carbons (Fsp3) is 0.382. The molecule has 1 saturated heterocycles. The number of carbonyl (C=O) groups is 3. The average Bonchev–Trinajstić information content (AvgIpc) is 3.43. The highest BCUT2D eigenvalue weighted by Crippen LogP contribution is 2.31. The molecule has 3 amide bonds. The molecule has 0 bridgehead atoms. The molecule has 3 aromatic rings. The van der Waals surface area contributed by atoms with Crippen LogP contribution in [0.5, 0.6) is 0 Å². The molecule has 216 valence electrons. The van der Waals surface area contributed by atoms with Crippen LogP contribution in [0, 0.1) is 13.8 Å². The Morgan fingerprint density at radius 3 is 2.12 bits per heavy atom. The topological polar surface area (TPSA) is 87.7 Å². The van der Waals surface area contributed by atoms with Crippen molar-refractivity contribution in [1.29, 1.82) is 0 Å². The third-order valence-corrected chi connectivity index (χ3v) is 7.39. The van der Waals surface area contributed by atoms with Gasteiger partial charge in [0.2, 0.25) is 11.8 Å². The Morgan fingerprint density at radius 2 is 1.54 bits per heavy atom. The smallest absolute Gasteiger partial charge is 0.408 e. The van der Waals surface area contributed by atoms with Gasteiger partial charge in [-0.2, -0.15) is 0 Å². The van der Waals surface area contributed by atoms with Gasteiger partial charge in [-0.05, 0) is 69.7 Å². The summed E-state index contributed by atoms with van der Waals surface area (Å²) in [5, 5.41) is 5.95. The number of benzene rings is 3. The molecule has 7 nitrogen and oxygen atoms in total. The molecule has 1 aliphatic heterocycles. The number of ether oxygens (including phenoxy) is 1. The van der Waals surface area contributed by atoms with Crippen LogP contribution in [0.25, 0.3) is 0 Å². The summed E-state index contributed by atoms with van der Waals surface area (Å²) in [6.45, 7) is 10.2. The monoisotopic (exact) mass is 555 g/mol. The highest BCUT2D eigenvalue weighted by molar-refractivity contribution is 5.93. The van der Waals surface area contributed by atoms with Crippen molar-refractivity contribution >= 4 is 17.9 Å². The van der Waals surface area contributed by atoms with Crippen molar-refractivity contribution in [2.24, 2.45) is 0 Å². The van der Waals surface area contributed by atoms with E-state index in [1.165, 1.54) is 0 Å². The van der Waals surface area contributed by atoms with E-state index in [9.17, 15) is 14.4 Å². The van der Waals surface area contributed by atoms with Gasteiger partial charge in [-0.15, -0.1) is 0 Å². The zero-order chi connectivity index (χ0) is 29.6. The molecule has 0 spiro atoms. The van der Waals surface area contributed by atoms with Crippen LogP contribution in [0.1, 0.15) is 67.3 Å².